The predicted octanol–water partition coefficient (Wildman–Crippen LogP) is 3.80. The van der Waals surface area contributed by atoms with Crippen LogP contribution in [0.4, 0.5) is 0 Å². The largest absolute Gasteiger partial charge is 0.339 e. The molecule has 0 unspecified atom stereocenters. The lowest BCUT2D eigenvalue weighted by atomic mass is 9.95. The van der Waals surface area contributed by atoms with Crippen LogP contribution in [-0.4, -0.2) is 26.7 Å². The molecule has 1 aliphatic rings. The van der Waals surface area contributed by atoms with Crippen molar-refractivity contribution in [1.82, 2.24) is 25.4 Å². The van der Waals surface area contributed by atoms with Crippen molar-refractivity contribution in [2.24, 2.45) is 0 Å². The average molecular weight is 389 g/mol. The van der Waals surface area contributed by atoms with Gasteiger partial charge < -0.3 is 9.84 Å². The van der Waals surface area contributed by atoms with Gasteiger partial charge in [-0.15, -0.1) is 11.3 Å². The minimum atomic E-state index is 0.527. The molecule has 0 amide bonds. The molecule has 4 heterocycles. The summed E-state index contributed by atoms with van der Waals surface area (Å²) in [6, 6.07) is 10.2. The molecule has 28 heavy (non-hydrogen) atoms. The van der Waals surface area contributed by atoms with Gasteiger partial charge in [-0.2, -0.15) is 4.98 Å². The molecule has 6 nitrogen and oxygen atoms in total. The molecule has 140 valence electrons. The number of thiazole rings is 1. The molecule has 1 aliphatic heterocycles. The maximum absolute atomic E-state index is 5.54. The predicted molar refractivity (Wildman–Crippen MR) is 108 cm³/mol. The molecule has 1 aromatic carbocycles. The second-order valence-electron chi connectivity index (χ2n) is 6.85. The standard InChI is InChI=1S/C21H19N5OS/c1-13-19(17-7-8-22-10-15(17)11-23-13)20-25-18(27-26-20)9-16-12-28-21(24-16)14-5-3-2-4-6-14/h2-6,11-12,22H,7-10H2,1H3. The number of pyridine rings is 1. The van der Waals surface area contributed by atoms with Crippen molar-refractivity contribution in [3.8, 4) is 22.0 Å². The summed E-state index contributed by atoms with van der Waals surface area (Å²) in [5.74, 6) is 1.20. The van der Waals surface area contributed by atoms with E-state index in [9.17, 15) is 0 Å². The van der Waals surface area contributed by atoms with Crippen LogP contribution in [0.15, 0.2) is 46.4 Å². The Labute approximate surface area is 166 Å². The van der Waals surface area contributed by atoms with Crippen molar-refractivity contribution in [3.05, 3.63) is 70.3 Å². The molecule has 0 fully saturated rings. The van der Waals surface area contributed by atoms with Crippen molar-refractivity contribution in [3.63, 3.8) is 0 Å². The zero-order valence-electron chi connectivity index (χ0n) is 15.5. The lowest BCUT2D eigenvalue weighted by Crippen LogP contribution is -2.24. The molecule has 7 heteroatoms. The monoisotopic (exact) mass is 389 g/mol. The molecular formula is C21H19N5OS. The molecule has 0 atom stereocenters. The number of nitrogens with one attached hydrogen (secondary N) is 1. The van der Waals surface area contributed by atoms with Crippen molar-refractivity contribution in [1.29, 1.82) is 0 Å². The summed E-state index contributed by atoms with van der Waals surface area (Å²) in [7, 11) is 0. The lowest BCUT2D eigenvalue weighted by molar-refractivity contribution is 0.385. The second-order valence-corrected chi connectivity index (χ2v) is 7.71. The zero-order valence-corrected chi connectivity index (χ0v) is 16.3. The molecule has 0 aliphatic carbocycles. The minimum absolute atomic E-state index is 0.527. The van der Waals surface area contributed by atoms with Crippen LogP contribution < -0.4 is 5.32 Å². The van der Waals surface area contributed by atoms with E-state index in [-0.39, 0.29) is 0 Å². The summed E-state index contributed by atoms with van der Waals surface area (Å²) in [4.78, 5) is 13.9. The topological polar surface area (TPSA) is 76.7 Å². The third-order valence-electron chi connectivity index (χ3n) is 4.93. The molecule has 0 radical (unpaired) electrons. The van der Waals surface area contributed by atoms with Gasteiger partial charge in [0, 0.05) is 34.9 Å². The van der Waals surface area contributed by atoms with E-state index in [1.54, 1.807) is 11.3 Å². The summed E-state index contributed by atoms with van der Waals surface area (Å²) in [6.07, 6.45) is 3.42. The highest BCUT2D eigenvalue weighted by Gasteiger charge is 2.21. The third-order valence-corrected chi connectivity index (χ3v) is 5.87. The van der Waals surface area contributed by atoms with Gasteiger partial charge in [0.25, 0.3) is 0 Å². The molecule has 0 saturated heterocycles. The first-order chi connectivity index (χ1) is 13.8. The number of fused-ring (bicyclic) bond motifs is 1. The number of aromatic nitrogens is 4. The molecule has 1 N–H and O–H groups in total. The molecule has 4 aromatic rings. The van der Waals surface area contributed by atoms with E-state index < -0.39 is 0 Å². The van der Waals surface area contributed by atoms with Crippen LogP contribution in [-0.2, 0) is 19.4 Å². The van der Waals surface area contributed by atoms with Gasteiger partial charge in [-0.1, -0.05) is 35.5 Å². The number of hydrogen-bond acceptors (Lipinski definition) is 7. The normalized spacial score (nSPS) is 13.5. The van der Waals surface area contributed by atoms with Crippen LogP contribution in [0.2, 0.25) is 0 Å². The van der Waals surface area contributed by atoms with Gasteiger partial charge in [0.05, 0.1) is 12.1 Å². The Morgan fingerprint density at radius 2 is 2.07 bits per heavy atom. The Morgan fingerprint density at radius 1 is 1.18 bits per heavy atom. The van der Waals surface area contributed by atoms with Gasteiger partial charge in [-0.05, 0) is 31.0 Å². The smallest absolute Gasteiger partial charge is 0.233 e. The highest BCUT2D eigenvalue weighted by Crippen LogP contribution is 2.29. The van der Waals surface area contributed by atoms with Crippen LogP contribution in [0, 0.1) is 6.92 Å². The number of aryl methyl sites for hydroxylation is 1. The fraction of sp³-hybridized carbons (Fsp3) is 0.238. The zero-order chi connectivity index (χ0) is 18.9. The second kappa shape index (κ2) is 7.26. The van der Waals surface area contributed by atoms with Crippen molar-refractivity contribution in [2.75, 3.05) is 6.54 Å². The van der Waals surface area contributed by atoms with Crippen molar-refractivity contribution < 1.29 is 4.52 Å². The number of rotatable bonds is 4. The van der Waals surface area contributed by atoms with E-state index in [4.69, 9.17) is 9.51 Å². The van der Waals surface area contributed by atoms with Gasteiger partial charge in [-0.25, -0.2) is 4.98 Å². The quantitative estimate of drug-likeness (QED) is 0.572. The summed E-state index contributed by atoms with van der Waals surface area (Å²) in [5, 5.41) is 10.7. The van der Waals surface area contributed by atoms with Gasteiger partial charge in [0.1, 0.15) is 5.01 Å². The fourth-order valence-corrected chi connectivity index (χ4v) is 4.38. The maximum atomic E-state index is 5.54. The summed E-state index contributed by atoms with van der Waals surface area (Å²) >= 11 is 1.63. The van der Waals surface area contributed by atoms with Gasteiger partial charge in [-0.3, -0.25) is 4.98 Å². The molecule has 5 rings (SSSR count). The fourth-order valence-electron chi connectivity index (χ4n) is 3.55. The summed E-state index contributed by atoms with van der Waals surface area (Å²) < 4.78 is 5.54. The van der Waals surface area contributed by atoms with Crippen LogP contribution >= 0.6 is 11.3 Å². The van der Waals surface area contributed by atoms with Gasteiger partial charge >= 0.3 is 0 Å². The van der Waals surface area contributed by atoms with Crippen LogP contribution in [0.3, 0.4) is 0 Å². The van der Waals surface area contributed by atoms with Gasteiger partial charge in [0.2, 0.25) is 11.7 Å². The van der Waals surface area contributed by atoms with Crippen LogP contribution in [0.1, 0.15) is 28.4 Å². The average Bonchev–Trinajstić information content (AvgIpc) is 3.39. The Bertz CT molecular complexity index is 1120. The lowest BCUT2D eigenvalue weighted by Gasteiger charge is -2.19. The molecular weight excluding hydrogens is 370 g/mol. The first-order valence-electron chi connectivity index (χ1n) is 9.29. The Hall–Kier alpha value is -2.90. The highest BCUT2D eigenvalue weighted by molar-refractivity contribution is 7.13. The first kappa shape index (κ1) is 17.2. The summed E-state index contributed by atoms with van der Waals surface area (Å²) in [5.41, 5.74) is 6.50. The molecule has 0 saturated carbocycles. The minimum Gasteiger partial charge on any atom is -0.339 e. The van der Waals surface area contributed by atoms with Crippen molar-refractivity contribution in [2.45, 2.75) is 26.3 Å². The van der Waals surface area contributed by atoms with Crippen LogP contribution in [0.5, 0.6) is 0 Å². The van der Waals surface area contributed by atoms with Gasteiger partial charge in [0.15, 0.2) is 0 Å². The maximum Gasteiger partial charge on any atom is 0.233 e. The highest BCUT2D eigenvalue weighted by atomic mass is 32.1. The number of nitrogens with zero attached hydrogens (tertiary/aromatic N) is 4. The Kier molecular flexibility index (Phi) is 4.46. The Balaban J connectivity index is 1.42. The molecule has 0 spiro atoms. The van der Waals surface area contributed by atoms with Crippen LogP contribution in [0.25, 0.3) is 22.0 Å². The van der Waals surface area contributed by atoms with Crippen molar-refractivity contribution >= 4 is 11.3 Å². The number of benzene rings is 1. The molecule has 3 aromatic heterocycles. The third kappa shape index (κ3) is 3.23. The Morgan fingerprint density at radius 3 is 2.96 bits per heavy atom. The van der Waals surface area contributed by atoms with E-state index in [0.29, 0.717) is 18.1 Å². The summed E-state index contributed by atoms with van der Waals surface area (Å²) in [6.45, 7) is 3.79. The SMILES string of the molecule is Cc1ncc2c(c1-c1noc(Cc3csc(-c4ccccc4)n3)n1)CCNC2. The molecule has 0 bridgehead atoms. The van der Waals surface area contributed by atoms with E-state index >= 15 is 0 Å². The number of hydrogen-bond donors (Lipinski definition) is 1. The van der Waals surface area contributed by atoms with E-state index in [1.165, 1.54) is 11.1 Å². The first-order valence-corrected chi connectivity index (χ1v) is 10.2. The van der Waals surface area contributed by atoms with E-state index in [0.717, 1.165) is 47.0 Å². The van der Waals surface area contributed by atoms with E-state index in [2.05, 4.69) is 38.0 Å². The van der Waals surface area contributed by atoms with E-state index in [1.807, 2.05) is 31.3 Å².